The summed E-state index contributed by atoms with van der Waals surface area (Å²) in [7, 11) is 0. The van der Waals surface area contributed by atoms with E-state index in [0.717, 1.165) is 50.4 Å². The molecule has 4 N–H and O–H groups in total. The van der Waals surface area contributed by atoms with Crippen LogP contribution in [0, 0.1) is 20.8 Å². The lowest BCUT2D eigenvalue weighted by Crippen LogP contribution is -2.51. The SMILES string of the molecule is Cc1cc(C)c(NC(=NCCCN2CCCC2=O)N[C@H]2CCCC[C@@H]2N)c(C)c1. The summed E-state index contributed by atoms with van der Waals surface area (Å²) in [6.45, 7) is 8.76. The third-order valence-electron chi connectivity index (χ3n) is 6.09. The number of nitrogens with two attached hydrogens (primary N) is 1. The monoisotopic (exact) mass is 399 g/mol. The molecule has 0 bridgehead atoms. The number of likely N-dealkylation sites (tertiary alicyclic amines) is 1. The number of benzene rings is 1. The van der Waals surface area contributed by atoms with E-state index >= 15 is 0 Å². The number of amides is 1. The van der Waals surface area contributed by atoms with E-state index in [2.05, 4.69) is 43.5 Å². The first-order valence-electron chi connectivity index (χ1n) is 11.1. The molecule has 0 radical (unpaired) electrons. The number of carbonyl (C=O) groups is 1. The zero-order chi connectivity index (χ0) is 20.8. The first-order valence-corrected chi connectivity index (χ1v) is 11.1. The van der Waals surface area contributed by atoms with Crippen LogP contribution in [0.4, 0.5) is 5.69 Å². The lowest BCUT2D eigenvalue weighted by Gasteiger charge is -2.31. The second-order valence-corrected chi connectivity index (χ2v) is 8.67. The van der Waals surface area contributed by atoms with Crippen molar-refractivity contribution in [2.75, 3.05) is 25.0 Å². The van der Waals surface area contributed by atoms with Crippen molar-refractivity contribution in [1.82, 2.24) is 10.2 Å². The van der Waals surface area contributed by atoms with Crippen molar-refractivity contribution in [3.8, 4) is 0 Å². The smallest absolute Gasteiger partial charge is 0.222 e. The van der Waals surface area contributed by atoms with Crippen molar-refractivity contribution in [2.45, 2.75) is 77.8 Å². The molecule has 1 saturated heterocycles. The molecule has 1 amide bonds. The minimum absolute atomic E-state index is 0.165. The first kappa shape index (κ1) is 21.6. The largest absolute Gasteiger partial charge is 0.352 e. The van der Waals surface area contributed by atoms with Crippen LogP contribution in [-0.4, -0.2) is 48.5 Å². The number of hydrogen-bond donors (Lipinski definition) is 3. The van der Waals surface area contributed by atoms with E-state index in [9.17, 15) is 4.79 Å². The van der Waals surface area contributed by atoms with Crippen molar-refractivity contribution in [3.63, 3.8) is 0 Å². The number of rotatable bonds is 6. The fourth-order valence-corrected chi connectivity index (χ4v) is 4.52. The Morgan fingerprint density at radius 1 is 1.17 bits per heavy atom. The Labute approximate surface area is 175 Å². The molecule has 6 nitrogen and oxygen atoms in total. The number of carbonyl (C=O) groups excluding carboxylic acids is 1. The van der Waals surface area contributed by atoms with Crippen LogP contribution in [0.25, 0.3) is 0 Å². The van der Waals surface area contributed by atoms with Crippen LogP contribution in [0.1, 0.15) is 61.6 Å². The van der Waals surface area contributed by atoms with Gasteiger partial charge in [-0.1, -0.05) is 30.5 Å². The van der Waals surface area contributed by atoms with Gasteiger partial charge in [0, 0.05) is 43.8 Å². The Hall–Kier alpha value is -2.08. The molecule has 29 heavy (non-hydrogen) atoms. The zero-order valence-electron chi connectivity index (χ0n) is 18.3. The quantitative estimate of drug-likeness (QED) is 0.390. The second kappa shape index (κ2) is 10.1. The molecule has 1 aliphatic heterocycles. The highest BCUT2D eigenvalue weighted by atomic mass is 16.2. The van der Waals surface area contributed by atoms with Gasteiger partial charge in [-0.3, -0.25) is 9.79 Å². The highest BCUT2D eigenvalue weighted by Gasteiger charge is 2.23. The maximum atomic E-state index is 11.8. The van der Waals surface area contributed by atoms with Gasteiger partial charge in [0.2, 0.25) is 5.91 Å². The van der Waals surface area contributed by atoms with Crippen molar-refractivity contribution in [1.29, 1.82) is 0 Å². The zero-order valence-corrected chi connectivity index (χ0v) is 18.3. The lowest BCUT2D eigenvalue weighted by molar-refractivity contribution is -0.127. The molecule has 1 aromatic rings. The summed E-state index contributed by atoms with van der Waals surface area (Å²) in [5.74, 6) is 1.08. The van der Waals surface area contributed by atoms with E-state index in [4.69, 9.17) is 10.7 Å². The number of anilines is 1. The van der Waals surface area contributed by atoms with E-state index in [1.54, 1.807) is 0 Å². The van der Waals surface area contributed by atoms with Crippen LogP contribution in [-0.2, 0) is 4.79 Å². The second-order valence-electron chi connectivity index (χ2n) is 8.67. The minimum atomic E-state index is 0.165. The molecule has 1 heterocycles. The van der Waals surface area contributed by atoms with Gasteiger partial charge in [0.15, 0.2) is 5.96 Å². The van der Waals surface area contributed by atoms with Crippen molar-refractivity contribution >= 4 is 17.6 Å². The summed E-state index contributed by atoms with van der Waals surface area (Å²) in [6, 6.07) is 4.80. The Balaban J connectivity index is 1.67. The Kier molecular flexibility index (Phi) is 7.53. The van der Waals surface area contributed by atoms with Gasteiger partial charge in [0.05, 0.1) is 0 Å². The van der Waals surface area contributed by atoms with Crippen LogP contribution in [0.5, 0.6) is 0 Å². The van der Waals surface area contributed by atoms with Crippen molar-refractivity contribution < 1.29 is 4.79 Å². The fourth-order valence-electron chi connectivity index (χ4n) is 4.52. The molecule has 160 valence electrons. The van der Waals surface area contributed by atoms with Crippen LogP contribution in [0.2, 0.25) is 0 Å². The highest BCUT2D eigenvalue weighted by molar-refractivity contribution is 5.95. The van der Waals surface area contributed by atoms with Crippen LogP contribution >= 0.6 is 0 Å². The van der Waals surface area contributed by atoms with Crippen LogP contribution < -0.4 is 16.4 Å². The predicted molar refractivity (Wildman–Crippen MR) is 120 cm³/mol. The molecule has 0 unspecified atom stereocenters. The number of aliphatic imine (C=N–C) groups is 1. The van der Waals surface area contributed by atoms with Crippen LogP contribution in [0.15, 0.2) is 17.1 Å². The van der Waals surface area contributed by atoms with E-state index in [1.165, 1.54) is 29.5 Å². The molecule has 2 atom stereocenters. The van der Waals surface area contributed by atoms with E-state index in [1.807, 2.05) is 4.90 Å². The summed E-state index contributed by atoms with van der Waals surface area (Å²) in [6.07, 6.45) is 7.12. The molecular formula is C23H37N5O. The molecule has 0 spiro atoms. The van der Waals surface area contributed by atoms with Gasteiger partial charge in [0.1, 0.15) is 0 Å². The molecule has 2 fully saturated rings. The van der Waals surface area contributed by atoms with E-state index in [-0.39, 0.29) is 18.0 Å². The molecule has 6 heteroatoms. The summed E-state index contributed by atoms with van der Waals surface area (Å²) in [5, 5.41) is 7.14. The summed E-state index contributed by atoms with van der Waals surface area (Å²) < 4.78 is 0. The summed E-state index contributed by atoms with van der Waals surface area (Å²) in [5.41, 5.74) is 11.2. The number of aryl methyl sites for hydroxylation is 3. The van der Waals surface area contributed by atoms with Gasteiger partial charge >= 0.3 is 0 Å². The summed E-state index contributed by atoms with van der Waals surface area (Å²) in [4.78, 5) is 18.6. The number of nitrogens with one attached hydrogen (secondary N) is 2. The molecular weight excluding hydrogens is 362 g/mol. The Morgan fingerprint density at radius 2 is 1.90 bits per heavy atom. The molecule has 3 rings (SSSR count). The average Bonchev–Trinajstić information content (AvgIpc) is 3.08. The molecule has 1 aromatic carbocycles. The maximum absolute atomic E-state index is 11.8. The van der Waals surface area contributed by atoms with E-state index < -0.39 is 0 Å². The number of hydrogen-bond acceptors (Lipinski definition) is 3. The van der Waals surface area contributed by atoms with Gasteiger partial charge in [-0.2, -0.15) is 0 Å². The minimum Gasteiger partial charge on any atom is -0.352 e. The first-order chi connectivity index (χ1) is 13.9. The number of guanidine groups is 1. The average molecular weight is 400 g/mol. The third-order valence-corrected chi connectivity index (χ3v) is 6.09. The normalized spacial score (nSPS) is 22.8. The topological polar surface area (TPSA) is 82.8 Å². The molecule has 0 aromatic heterocycles. The van der Waals surface area contributed by atoms with E-state index in [0.29, 0.717) is 13.0 Å². The molecule has 2 aliphatic rings. The predicted octanol–water partition coefficient (Wildman–Crippen LogP) is 3.25. The highest BCUT2D eigenvalue weighted by Crippen LogP contribution is 2.22. The van der Waals surface area contributed by atoms with Crippen molar-refractivity contribution in [2.24, 2.45) is 10.7 Å². The molecule has 1 saturated carbocycles. The van der Waals surface area contributed by atoms with Crippen LogP contribution in [0.3, 0.4) is 0 Å². The van der Waals surface area contributed by atoms with Crippen molar-refractivity contribution in [3.05, 3.63) is 28.8 Å². The fraction of sp³-hybridized carbons (Fsp3) is 0.652. The van der Waals surface area contributed by atoms with Gasteiger partial charge in [-0.05, 0) is 57.6 Å². The maximum Gasteiger partial charge on any atom is 0.222 e. The van der Waals surface area contributed by atoms with Gasteiger partial charge < -0.3 is 21.3 Å². The Bertz CT molecular complexity index is 722. The van der Waals surface area contributed by atoms with Gasteiger partial charge in [-0.25, -0.2) is 0 Å². The molecule has 1 aliphatic carbocycles. The Morgan fingerprint density at radius 3 is 2.55 bits per heavy atom. The third kappa shape index (κ3) is 5.95. The van der Waals surface area contributed by atoms with Gasteiger partial charge in [-0.15, -0.1) is 0 Å². The standard InChI is InChI=1S/C23H37N5O/c1-16-14-17(2)22(18(3)15-16)27-23(26-20-9-5-4-8-19(20)24)25-11-7-13-28-12-6-10-21(28)29/h14-15,19-20H,4-13,24H2,1-3H3,(H2,25,26,27)/t19-,20-/m0/s1. The number of nitrogens with zero attached hydrogens (tertiary/aromatic N) is 2. The van der Waals surface area contributed by atoms with Gasteiger partial charge in [0.25, 0.3) is 0 Å². The summed E-state index contributed by atoms with van der Waals surface area (Å²) >= 11 is 0. The lowest BCUT2D eigenvalue weighted by atomic mass is 9.91.